The molecule has 1 heteroatoms. The van der Waals surface area contributed by atoms with Gasteiger partial charge in [0.1, 0.15) is 0 Å². The van der Waals surface area contributed by atoms with Gasteiger partial charge < -0.3 is 5.73 Å². The van der Waals surface area contributed by atoms with E-state index in [4.69, 9.17) is 5.73 Å². The highest BCUT2D eigenvalue weighted by Crippen LogP contribution is 2.58. The Balaban J connectivity index is 2.31. The molecular formula is C17H27N. The van der Waals surface area contributed by atoms with Crippen LogP contribution in [-0.4, -0.2) is 6.54 Å². The van der Waals surface area contributed by atoms with Crippen LogP contribution in [0.25, 0.3) is 0 Å². The zero-order chi connectivity index (χ0) is 13.4. The van der Waals surface area contributed by atoms with Crippen molar-refractivity contribution in [3.8, 4) is 0 Å². The molecule has 1 aliphatic rings. The SMILES string of the molecule is CCC1(CC)CC(CN)(c2cc(C)cc(C)c2)C1. The van der Waals surface area contributed by atoms with Gasteiger partial charge in [-0.25, -0.2) is 0 Å². The largest absolute Gasteiger partial charge is 0.330 e. The standard InChI is InChI=1S/C17H27N/c1-5-16(6-2)10-17(11-16,12-18)15-8-13(3)7-14(4)9-15/h7-9H,5-6,10-12,18H2,1-4H3. The number of aryl methyl sites for hydroxylation is 2. The van der Waals surface area contributed by atoms with Crippen LogP contribution in [0.2, 0.25) is 0 Å². The van der Waals surface area contributed by atoms with Crippen molar-refractivity contribution in [2.75, 3.05) is 6.54 Å². The Morgan fingerprint density at radius 3 is 1.89 bits per heavy atom. The summed E-state index contributed by atoms with van der Waals surface area (Å²) in [5.41, 5.74) is 11.1. The molecule has 1 nitrogen and oxygen atoms in total. The third-order valence-electron chi connectivity index (χ3n) is 5.15. The molecule has 2 N–H and O–H groups in total. The minimum absolute atomic E-state index is 0.253. The highest BCUT2D eigenvalue weighted by atomic mass is 14.7. The van der Waals surface area contributed by atoms with Gasteiger partial charge in [-0.1, -0.05) is 56.0 Å². The van der Waals surface area contributed by atoms with Crippen molar-refractivity contribution in [2.45, 2.75) is 58.8 Å². The Kier molecular flexibility index (Phi) is 3.55. The molecule has 100 valence electrons. The molecule has 0 saturated heterocycles. The van der Waals surface area contributed by atoms with E-state index in [9.17, 15) is 0 Å². The van der Waals surface area contributed by atoms with Crippen molar-refractivity contribution in [2.24, 2.45) is 11.1 Å². The molecule has 1 fully saturated rings. The minimum atomic E-state index is 0.253. The molecule has 0 spiro atoms. The van der Waals surface area contributed by atoms with Gasteiger partial charge in [0.15, 0.2) is 0 Å². The summed E-state index contributed by atoms with van der Waals surface area (Å²) in [6.45, 7) is 9.81. The first kappa shape index (κ1) is 13.6. The summed E-state index contributed by atoms with van der Waals surface area (Å²) in [4.78, 5) is 0. The molecule has 1 aromatic rings. The zero-order valence-electron chi connectivity index (χ0n) is 12.3. The summed E-state index contributed by atoms with van der Waals surface area (Å²) in [7, 11) is 0. The lowest BCUT2D eigenvalue weighted by atomic mass is 9.48. The predicted octanol–water partition coefficient (Wildman–Crippen LogP) is 4.10. The fourth-order valence-electron chi connectivity index (χ4n) is 3.88. The van der Waals surface area contributed by atoms with E-state index in [2.05, 4.69) is 45.9 Å². The van der Waals surface area contributed by atoms with Crippen LogP contribution in [-0.2, 0) is 5.41 Å². The van der Waals surface area contributed by atoms with Crippen molar-refractivity contribution in [1.29, 1.82) is 0 Å². The van der Waals surface area contributed by atoms with Crippen molar-refractivity contribution < 1.29 is 0 Å². The molecule has 0 amide bonds. The summed E-state index contributed by atoms with van der Waals surface area (Å²) in [5, 5.41) is 0. The molecule has 0 aliphatic heterocycles. The summed E-state index contributed by atoms with van der Waals surface area (Å²) in [6.07, 6.45) is 5.12. The molecular weight excluding hydrogens is 218 g/mol. The van der Waals surface area contributed by atoms with Gasteiger partial charge >= 0.3 is 0 Å². The van der Waals surface area contributed by atoms with Crippen molar-refractivity contribution in [3.05, 3.63) is 34.9 Å². The van der Waals surface area contributed by atoms with Gasteiger partial charge in [-0.15, -0.1) is 0 Å². The Morgan fingerprint density at radius 2 is 1.50 bits per heavy atom. The Hall–Kier alpha value is -0.820. The average molecular weight is 245 g/mol. The molecule has 0 aromatic heterocycles. The van der Waals surface area contributed by atoms with Gasteiger partial charge in [-0.05, 0) is 37.7 Å². The van der Waals surface area contributed by atoms with Gasteiger partial charge in [0.25, 0.3) is 0 Å². The quantitative estimate of drug-likeness (QED) is 0.849. The fourth-order valence-corrected chi connectivity index (χ4v) is 3.88. The molecule has 1 saturated carbocycles. The monoisotopic (exact) mass is 245 g/mol. The second-order valence-corrected chi connectivity index (χ2v) is 6.42. The number of nitrogens with two attached hydrogens (primary N) is 1. The van der Waals surface area contributed by atoms with Crippen LogP contribution < -0.4 is 5.73 Å². The Labute approximate surface area is 112 Å². The number of hydrogen-bond donors (Lipinski definition) is 1. The van der Waals surface area contributed by atoms with Gasteiger partial charge in [0, 0.05) is 12.0 Å². The third kappa shape index (κ3) is 2.09. The second kappa shape index (κ2) is 4.70. The van der Waals surface area contributed by atoms with E-state index in [1.165, 1.54) is 42.4 Å². The van der Waals surface area contributed by atoms with Crippen LogP contribution in [0.4, 0.5) is 0 Å². The third-order valence-corrected chi connectivity index (χ3v) is 5.15. The fraction of sp³-hybridized carbons (Fsp3) is 0.647. The smallest absolute Gasteiger partial charge is 0.00863 e. The van der Waals surface area contributed by atoms with Crippen molar-refractivity contribution in [1.82, 2.24) is 0 Å². The van der Waals surface area contributed by atoms with Crippen LogP contribution in [0.15, 0.2) is 18.2 Å². The lowest BCUT2D eigenvalue weighted by Gasteiger charge is -2.56. The Morgan fingerprint density at radius 1 is 1.00 bits per heavy atom. The van der Waals surface area contributed by atoms with Gasteiger partial charge in [-0.2, -0.15) is 0 Å². The van der Waals surface area contributed by atoms with Crippen molar-refractivity contribution in [3.63, 3.8) is 0 Å². The average Bonchev–Trinajstić information content (AvgIpc) is 2.29. The molecule has 0 radical (unpaired) electrons. The van der Waals surface area contributed by atoms with Crippen LogP contribution in [0.3, 0.4) is 0 Å². The van der Waals surface area contributed by atoms with Crippen LogP contribution >= 0.6 is 0 Å². The minimum Gasteiger partial charge on any atom is -0.330 e. The van der Waals surface area contributed by atoms with Gasteiger partial charge in [0.2, 0.25) is 0 Å². The number of hydrogen-bond acceptors (Lipinski definition) is 1. The molecule has 18 heavy (non-hydrogen) atoms. The topological polar surface area (TPSA) is 26.0 Å². The number of rotatable bonds is 4. The van der Waals surface area contributed by atoms with E-state index in [1.54, 1.807) is 0 Å². The highest BCUT2D eigenvalue weighted by Gasteiger charge is 2.52. The maximum Gasteiger partial charge on any atom is 0.00863 e. The number of benzene rings is 1. The van der Waals surface area contributed by atoms with E-state index in [-0.39, 0.29) is 5.41 Å². The molecule has 2 rings (SSSR count). The van der Waals surface area contributed by atoms with E-state index in [0.717, 1.165) is 6.54 Å². The maximum atomic E-state index is 6.13. The summed E-state index contributed by atoms with van der Waals surface area (Å²) >= 11 is 0. The van der Waals surface area contributed by atoms with Gasteiger partial charge in [-0.3, -0.25) is 0 Å². The first-order valence-electron chi connectivity index (χ1n) is 7.28. The van der Waals surface area contributed by atoms with E-state index in [1.807, 2.05) is 0 Å². The predicted molar refractivity (Wildman–Crippen MR) is 78.9 cm³/mol. The molecule has 0 bridgehead atoms. The maximum absolute atomic E-state index is 6.13. The van der Waals surface area contributed by atoms with Crippen LogP contribution in [0, 0.1) is 19.3 Å². The lowest BCUT2D eigenvalue weighted by Crippen LogP contribution is -2.53. The Bertz CT molecular complexity index is 401. The normalized spacial score (nSPS) is 20.5. The molecule has 0 heterocycles. The second-order valence-electron chi connectivity index (χ2n) is 6.42. The lowest BCUT2D eigenvalue weighted by molar-refractivity contribution is 0.0182. The molecule has 1 aromatic carbocycles. The first-order valence-corrected chi connectivity index (χ1v) is 7.28. The summed E-state index contributed by atoms with van der Waals surface area (Å²) in [6, 6.07) is 6.93. The molecule has 1 aliphatic carbocycles. The molecule has 0 unspecified atom stereocenters. The van der Waals surface area contributed by atoms with E-state index in [0.29, 0.717) is 5.41 Å². The van der Waals surface area contributed by atoms with Crippen LogP contribution in [0.5, 0.6) is 0 Å². The summed E-state index contributed by atoms with van der Waals surface area (Å²) in [5.74, 6) is 0. The van der Waals surface area contributed by atoms with E-state index < -0.39 is 0 Å². The van der Waals surface area contributed by atoms with Crippen LogP contribution in [0.1, 0.15) is 56.2 Å². The zero-order valence-corrected chi connectivity index (χ0v) is 12.3. The summed E-state index contributed by atoms with van der Waals surface area (Å²) < 4.78 is 0. The first-order chi connectivity index (χ1) is 8.49. The van der Waals surface area contributed by atoms with E-state index >= 15 is 0 Å². The highest BCUT2D eigenvalue weighted by molar-refractivity contribution is 5.37. The van der Waals surface area contributed by atoms with Crippen molar-refractivity contribution >= 4 is 0 Å². The van der Waals surface area contributed by atoms with Gasteiger partial charge in [0.05, 0.1) is 0 Å². The molecule has 0 atom stereocenters.